The van der Waals surface area contributed by atoms with E-state index in [0.717, 1.165) is 10.8 Å². The lowest BCUT2D eigenvalue weighted by molar-refractivity contribution is 0.0551. The van der Waals surface area contributed by atoms with Crippen molar-refractivity contribution in [3.8, 4) is 0 Å². The smallest absolute Gasteiger partial charge is 0.290 e. The van der Waals surface area contributed by atoms with Gasteiger partial charge in [-0.1, -0.05) is 13.8 Å². The molecule has 0 radical (unpaired) electrons. The van der Waals surface area contributed by atoms with E-state index in [0.29, 0.717) is 3.57 Å². The van der Waals surface area contributed by atoms with E-state index in [2.05, 4.69) is 10.0 Å². The molecule has 0 amide bonds. The van der Waals surface area contributed by atoms with Crippen molar-refractivity contribution in [1.82, 2.24) is 4.57 Å². The first-order chi connectivity index (χ1) is 16.4. The van der Waals surface area contributed by atoms with Crippen molar-refractivity contribution >= 4 is 49.7 Å². The van der Waals surface area contributed by atoms with Gasteiger partial charge < -0.3 is 20.3 Å². The van der Waals surface area contributed by atoms with E-state index in [4.69, 9.17) is 9.84 Å². The van der Waals surface area contributed by atoms with Crippen LogP contribution in [-0.4, -0.2) is 47.3 Å². The summed E-state index contributed by atoms with van der Waals surface area (Å²) in [6.07, 6.45) is 0.0886. The van der Waals surface area contributed by atoms with E-state index in [1.165, 1.54) is 12.1 Å². The highest BCUT2D eigenvalue weighted by Gasteiger charge is 2.55. The topological polar surface area (TPSA) is 130 Å². The normalized spacial score (nSPS) is 15.8. The molecule has 2 aromatic rings. The molecule has 1 aromatic carbocycles. The molecule has 13 heteroatoms. The highest BCUT2D eigenvalue weighted by Crippen LogP contribution is 2.48. The number of anilines is 3. The molecular weight excluding hydrogens is 599 g/mol. The van der Waals surface area contributed by atoms with Crippen LogP contribution < -0.4 is 15.6 Å². The van der Waals surface area contributed by atoms with Gasteiger partial charge in [-0.2, -0.15) is 4.39 Å². The fourth-order valence-corrected chi connectivity index (χ4v) is 5.67. The number of ether oxygens (including phenoxy) is 1. The van der Waals surface area contributed by atoms with Crippen molar-refractivity contribution in [2.24, 2.45) is 5.92 Å². The second-order valence-corrected chi connectivity index (χ2v) is 12.3. The van der Waals surface area contributed by atoms with Crippen LogP contribution in [0.25, 0.3) is 0 Å². The Kier molecular flexibility index (Phi) is 8.78. The van der Waals surface area contributed by atoms with Gasteiger partial charge in [-0.3, -0.25) is 14.1 Å². The summed E-state index contributed by atoms with van der Waals surface area (Å²) in [4.78, 5) is 12.6. The summed E-state index contributed by atoms with van der Waals surface area (Å²) in [6, 6.07) is 4.09. The third-order valence-corrected chi connectivity index (χ3v) is 8.41. The highest BCUT2D eigenvalue weighted by atomic mass is 127. The van der Waals surface area contributed by atoms with E-state index < -0.39 is 50.4 Å². The largest absolute Gasteiger partial charge is 0.394 e. The first kappa shape index (κ1) is 27.8. The molecule has 0 spiro atoms. The fraction of sp³-hybridized carbons (Fsp3) is 0.500. The quantitative estimate of drug-likeness (QED) is 0.266. The van der Waals surface area contributed by atoms with Gasteiger partial charge in [0.2, 0.25) is 15.8 Å². The third-order valence-electron chi connectivity index (χ3n) is 5.54. The number of nitrogens with one attached hydrogen (secondary N) is 2. The zero-order valence-corrected chi connectivity index (χ0v) is 22.2. The van der Waals surface area contributed by atoms with Crippen LogP contribution in [0.15, 0.2) is 29.2 Å². The molecule has 1 fully saturated rings. The molecule has 1 unspecified atom stereocenters. The molecule has 0 aliphatic heterocycles. The maximum absolute atomic E-state index is 15.3. The number of pyridine rings is 1. The van der Waals surface area contributed by atoms with Crippen LogP contribution in [-0.2, 0) is 21.5 Å². The number of halogens is 3. The van der Waals surface area contributed by atoms with Gasteiger partial charge in [0.15, 0.2) is 0 Å². The summed E-state index contributed by atoms with van der Waals surface area (Å²) < 4.78 is 64.0. The van der Waals surface area contributed by atoms with Crippen LogP contribution in [0.4, 0.5) is 25.8 Å². The highest BCUT2D eigenvalue weighted by molar-refractivity contribution is 14.1. The van der Waals surface area contributed by atoms with Crippen LogP contribution in [0.2, 0.25) is 0 Å². The predicted octanol–water partition coefficient (Wildman–Crippen LogP) is 3.12. The number of benzene rings is 1. The van der Waals surface area contributed by atoms with E-state index in [-0.39, 0.29) is 49.9 Å². The number of aliphatic hydroxyl groups is 2. The Morgan fingerprint density at radius 3 is 2.51 bits per heavy atom. The van der Waals surface area contributed by atoms with Crippen molar-refractivity contribution in [2.45, 2.75) is 50.7 Å². The van der Waals surface area contributed by atoms with Crippen LogP contribution in [0.1, 0.15) is 33.1 Å². The molecule has 0 saturated heterocycles. The van der Waals surface area contributed by atoms with Gasteiger partial charge in [0.1, 0.15) is 18.2 Å². The van der Waals surface area contributed by atoms with E-state index in [9.17, 15) is 22.7 Å². The monoisotopic (exact) mass is 627 g/mol. The molecule has 0 bridgehead atoms. The molecule has 1 saturated carbocycles. The summed E-state index contributed by atoms with van der Waals surface area (Å²) in [5.74, 6) is -1.90. The van der Waals surface area contributed by atoms with Crippen LogP contribution in [0.3, 0.4) is 0 Å². The van der Waals surface area contributed by atoms with Crippen molar-refractivity contribution in [1.29, 1.82) is 0 Å². The summed E-state index contributed by atoms with van der Waals surface area (Å²) in [5.41, 5.74) is -2.10. The van der Waals surface area contributed by atoms with Crippen molar-refractivity contribution in [2.75, 3.05) is 23.3 Å². The van der Waals surface area contributed by atoms with Gasteiger partial charge in [0.25, 0.3) is 5.56 Å². The second-order valence-electron chi connectivity index (χ2n) is 8.98. The molecular formula is C22H28F2IN3O6S. The molecule has 194 valence electrons. The Labute approximate surface area is 215 Å². The SMILES string of the molecule is CC(C)COCn1cc(NS(=O)(=O)C2(CC(O)CO)CC2)c(Nc2ccc(I)cc2F)c(F)c1=O. The molecule has 4 N–H and O–H groups in total. The molecule has 1 aliphatic rings. The zero-order valence-electron chi connectivity index (χ0n) is 19.2. The minimum Gasteiger partial charge on any atom is -0.394 e. The van der Waals surface area contributed by atoms with Crippen LogP contribution >= 0.6 is 22.6 Å². The van der Waals surface area contributed by atoms with Crippen molar-refractivity contribution in [3.05, 3.63) is 50.0 Å². The van der Waals surface area contributed by atoms with E-state index in [1.54, 1.807) is 6.07 Å². The van der Waals surface area contributed by atoms with Crippen LogP contribution in [0.5, 0.6) is 0 Å². The maximum atomic E-state index is 15.3. The first-order valence-electron chi connectivity index (χ1n) is 10.9. The second kappa shape index (κ2) is 11.1. The van der Waals surface area contributed by atoms with Gasteiger partial charge in [-0.15, -0.1) is 0 Å². The van der Waals surface area contributed by atoms with E-state index >= 15 is 4.39 Å². The predicted molar refractivity (Wildman–Crippen MR) is 136 cm³/mol. The number of nitrogens with zero attached hydrogens (tertiary/aromatic N) is 1. The molecule has 35 heavy (non-hydrogen) atoms. The number of hydrogen-bond donors (Lipinski definition) is 4. The zero-order chi connectivity index (χ0) is 26.0. The van der Waals surface area contributed by atoms with Gasteiger partial charge in [0.05, 0.1) is 35.4 Å². The Hall–Kier alpha value is -1.81. The minimum atomic E-state index is -4.20. The average molecular weight is 627 g/mol. The minimum absolute atomic E-state index is 0.144. The third kappa shape index (κ3) is 6.50. The van der Waals surface area contributed by atoms with Gasteiger partial charge in [-0.05, 0) is 66.0 Å². The fourth-order valence-electron chi connectivity index (χ4n) is 3.51. The molecule has 1 atom stereocenters. The lowest BCUT2D eigenvalue weighted by Gasteiger charge is -2.22. The van der Waals surface area contributed by atoms with E-state index in [1.807, 2.05) is 36.4 Å². The Balaban J connectivity index is 2.03. The number of rotatable bonds is 12. The lowest BCUT2D eigenvalue weighted by Crippen LogP contribution is -2.35. The Bertz CT molecular complexity index is 1230. The number of aliphatic hydroxyl groups excluding tert-OH is 2. The molecule has 1 aliphatic carbocycles. The maximum Gasteiger partial charge on any atom is 0.290 e. The van der Waals surface area contributed by atoms with Gasteiger partial charge in [-0.25, -0.2) is 12.8 Å². The Morgan fingerprint density at radius 2 is 1.94 bits per heavy atom. The first-order valence-corrected chi connectivity index (χ1v) is 13.5. The Morgan fingerprint density at radius 1 is 1.26 bits per heavy atom. The summed E-state index contributed by atoms with van der Waals surface area (Å²) in [6.45, 7) is 3.13. The van der Waals surface area contributed by atoms with Gasteiger partial charge in [0, 0.05) is 9.77 Å². The molecule has 3 rings (SSSR count). The number of sulfonamides is 1. The lowest BCUT2D eigenvalue weighted by atomic mass is 10.2. The standard InChI is InChI=1S/C22H28F2IN3O6S/c1-13(2)11-34-12-28-9-18(27-35(32,33)22(5-6-22)8-15(30)10-29)20(19(24)21(28)31)26-17-4-3-14(25)7-16(17)23/h3-4,7,9,13,15,26-27,29-30H,5-6,8,10-12H2,1-2H3. The summed E-state index contributed by atoms with van der Waals surface area (Å²) in [5, 5.41) is 21.5. The molecule has 9 nitrogen and oxygen atoms in total. The van der Waals surface area contributed by atoms with Crippen LogP contribution in [0, 0.1) is 21.1 Å². The van der Waals surface area contributed by atoms with Crippen molar-refractivity contribution in [3.63, 3.8) is 0 Å². The number of aromatic nitrogens is 1. The van der Waals surface area contributed by atoms with Gasteiger partial charge >= 0.3 is 0 Å². The molecule has 1 heterocycles. The summed E-state index contributed by atoms with van der Waals surface area (Å²) >= 11 is 1.90. The van der Waals surface area contributed by atoms with Crippen molar-refractivity contribution < 1.29 is 32.1 Å². The number of hydrogen-bond acceptors (Lipinski definition) is 7. The average Bonchev–Trinajstić information content (AvgIpc) is 3.56. The summed E-state index contributed by atoms with van der Waals surface area (Å²) in [7, 11) is -4.20. The molecule has 1 aromatic heterocycles.